The Labute approximate surface area is 124 Å². The van der Waals surface area contributed by atoms with E-state index in [-0.39, 0.29) is 0 Å². The molecule has 19 heavy (non-hydrogen) atoms. The Morgan fingerprint density at radius 3 is 2.21 bits per heavy atom. The van der Waals surface area contributed by atoms with Crippen molar-refractivity contribution in [3.05, 3.63) is 18.2 Å². The highest BCUT2D eigenvalue weighted by atomic mass is 32.2. The van der Waals surface area contributed by atoms with Gasteiger partial charge in [-0.3, -0.25) is 0 Å². The lowest BCUT2D eigenvalue weighted by molar-refractivity contribution is 0.346. The van der Waals surface area contributed by atoms with Crippen molar-refractivity contribution in [3.8, 4) is 0 Å². The van der Waals surface area contributed by atoms with Crippen molar-refractivity contribution in [1.29, 1.82) is 0 Å². The molecule has 0 radical (unpaired) electrons. The Morgan fingerprint density at radius 2 is 1.63 bits per heavy atom. The van der Waals surface area contributed by atoms with Gasteiger partial charge in [0.15, 0.2) is 0 Å². The third-order valence-electron chi connectivity index (χ3n) is 3.31. The van der Waals surface area contributed by atoms with Crippen LogP contribution in [0.25, 0.3) is 0 Å². The predicted octanol–water partition coefficient (Wildman–Crippen LogP) is 3.31. The van der Waals surface area contributed by atoms with Crippen molar-refractivity contribution in [3.63, 3.8) is 0 Å². The minimum atomic E-state index is -3.31. The van der Waals surface area contributed by atoms with Crippen LogP contribution in [0, 0.1) is 0 Å². The SMILES string of the molecule is CSc1ccc(S(=O)(=O)N2CCCCC2)cc1SC. The van der Waals surface area contributed by atoms with Crippen LogP contribution >= 0.6 is 23.5 Å². The average Bonchev–Trinajstić information content (AvgIpc) is 2.47. The standard InChI is InChI=1S/C13H19NO2S3/c1-17-12-7-6-11(10-13(12)18-2)19(15,16)14-8-4-3-5-9-14/h6-7,10H,3-5,8-9H2,1-2H3. The molecule has 1 heterocycles. The zero-order valence-corrected chi connectivity index (χ0v) is 13.7. The van der Waals surface area contributed by atoms with Crippen molar-refractivity contribution in [2.45, 2.75) is 33.9 Å². The minimum absolute atomic E-state index is 0.427. The van der Waals surface area contributed by atoms with Gasteiger partial charge in [-0.25, -0.2) is 8.42 Å². The highest BCUT2D eigenvalue weighted by molar-refractivity contribution is 8.01. The van der Waals surface area contributed by atoms with Gasteiger partial charge in [0, 0.05) is 22.9 Å². The van der Waals surface area contributed by atoms with E-state index in [0.717, 1.165) is 29.1 Å². The molecule has 0 saturated carbocycles. The summed E-state index contributed by atoms with van der Waals surface area (Å²) in [6.07, 6.45) is 7.06. The molecule has 1 aromatic carbocycles. The van der Waals surface area contributed by atoms with E-state index >= 15 is 0 Å². The maximum atomic E-state index is 12.6. The second kappa shape index (κ2) is 6.52. The summed E-state index contributed by atoms with van der Waals surface area (Å²) in [4.78, 5) is 2.59. The third-order valence-corrected chi connectivity index (χ3v) is 6.91. The van der Waals surface area contributed by atoms with Crippen LogP contribution in [0.1, 0.15) is 19.3 Å². The van der Waals surface area contributed by atoms with E-state index in [1.165, 1.54) is 0 Å². The van der Waals surface area contributed by atoms with Gasteiger partial charge in [-0.05, 0) is 43.6 Å². The molecule has 1 saturated heterocycles. The summed E-state index contributed by atoms with van der Waals surface area (Å²) in [5.74, 6) is 0. The molecule has 106 valence electrons. The molecule has 1 aromatic rings. The first-order valence-corrected chi connectivity index (χ1v) is 10.2. The molecule has 0 amide bonds. The fourth-order valence-corrected chi connectivity index (χ4v) is 5.33. The Hall–Kier alpha value is -0.170. The fourth-order valence-electron chi connectivity index (χ4n) is 2.23. The van der Waals surface area contributed by atoms with Crippen molar-refractivity contribution >= 4 is 33.5 Å². The van der Waals surface area contributed by atoms with Crippen molar-refractivity contribution in [2.75, 3.05) is 25.6 Å². The van der Waals surface area contributed by atoms with Crippen LogP contribution in [-0.4, -0.2) is 38.3 Å². The monoisotopic (exact) mass is 317 g/mol. The predicted molar refractivity (Wildman–Crippen MR) is 82.6 cm³/mol. The van der Waals surface area contributed by atoms with E-state index in [1.54, 1.807) is 40.0 Å². The highest BCUT2D eigenvalue weighted by Gasteiger charge is 2.26. The number of hydrogen-bond acceptors (Lipinski definition) is 4. The number of nitrogens with zero attached hydrogens (tertiary/aromatic N) is 1. The van der Waals surface area contributed by atoms with Gasteiger partial charge in [0.2, 0.25) is 10.0 Å². The van der Waals surface area contributed by atoms with Crippen LogP contribution in [0.4, 0.5) is 0 Å². The number of benzene rings is 1. The van der Waals surface area contributed by atoms with Crippen LogP contribution in [0.5, 0.6) is 0 Å². The van der Waals surface area contributed by atoms with E-state index in [1.807, 2.05) is 18.6 Å². The summed E-state index contributed by atoms with van der Waals surface area (Å²) < 4.78 is 26.7. The van der Waals surface area contributed by atoms with Gasteiger partial charge in [0.25, 0.3) is 0 Å². The number of sulfonamides is 1. The van der Waals surface area contributed by atoms with Crippen LogP contribution in [-0.2, 0) is 10.0 Å². The molecule has 0 atom stereocenters. The van der Waals surface area contributed by atoms with Gasteiger partial charge in [-0.15, -0.1) is 23.5 Å². The molecular formula is C13H19NO2S3. The van der Waals surface area contributed by atoms with Gasteiger partial charge >= 0.3 is 0 Å². The number of piperidine rings is 1. The number of hydrogen-bond donors (Lipinski definition) is 0. The van der Waals surface area contributed by atoms with Crippen LogP contribution < -0.4 is 0 Å². The lowest BCUT2D eigenvalue weighted by Gasteiger charge is -2.26. The zero-order valence-electron chi connectivity index (χ0n) is 11.3. The minimum Gasteiger partial charge on any atom is -0.207 e. The summed E-state index contributed by atoms with van der Waals surface area (Å²) in [7, 11) is -3.31. The van der Waals surface area contributed by atoms with Gasteiger partial charge in [0.05, 0.1) is 4.90 Å². The van der Waals surface area contributed by atoms with Crippen LogP contribution in [0.3, 0.4) is 0 Å². The first-order valence-electron chi connectivity index (χ1n) is 6.32. The Morgan fingerprint density at radius 1 is 1.00 bits per heavy atom. The molecule has 1 fully saturated rings. The summed E-state index contributed by atoms with van der Waals surface area (Å²) in [5, 5.41) is 0. The molecule has 2 rings (SSSR count). The zero-order chi connectivity index (χ0) is 13.9. The maximum Gasteiger partial charge on any atom is 0.243 e. The van der Waals surface area contributed by atoms with E-state index in [0.29, 0.717) is 18.0 Å². The molecule has 3 nitrogen and oxygen atoms in total. The lowest BCUT2D eigenvalue weighted by atomic mass is 10.2. The molecule has 0 spiro atoms. The van der Waals surface area contributed by atoms with E-state index in [2.05, 4.69) is 0 Å². The molecular weight excluding hydrogens is 298 g/mol. The molecule has 0 N–H and O–H groups in total. The Bertz CT molecular complexity index is 537. The van der Waals surface area contributed by atoms with Crippen molar-refractivity contribution < 1.29 is 8.42 Å². The summed E-state index contributed by atoms with van der Waals surface area (Å²) in [5.41, 5.74) is 0. The maximum absolute atomic E-state index is 12.6. The van der Waals surface area contributed by atoms with Crippen LogP contribution in [0.15, 0.2) is 32.9 Å². The topological polar surface area (TPSA) is 37.4 Å². The van der Waals surface area contributed by atoms with Crippen molar-refractivity contribution in [2.24, 2.45) is 0 Å². The third kappa shape index (κ3) is 3.29. The molecule has 0 unspecified atom stereocenters. The second-order valence-electron chi connectivity index (χ2n) is 4.48. The number of thioether (sulfide) groups is 2. The second-order valence-corrected chi connectivity index (χ2v) is 8.12. The molecule has 0 bridgehead atoms. The summed E-state index contributed by atoms with van der Waals surface area (Å²) >= 11 is 3.24. The Balaban J connectivity index is 2.34. The first kappa shape index (κ1) is 15.2. The molecule has 1 aliphatic heterocycles. The molecule has 0 aliphatic carbocycles. The lowest BCUT2D eigenvalue weighted by Crippen LogP contribution is -2.35. The normalized spacial score (nSPS) is 17.6. The van der Waals surface area contributed by atoms with Crippen molar-refractivity contribution in [1.82, 2.24) is 4.31 Å². The Kier molecular flexibility index (Phi) is 5.22. The quantitative estimate of drug-likeness (QED) is 0.799. The highest BCUT2D eigenvalue weighted by Crippen LogP contribution is 2.31. The summed E-state index contributed by atoms with van der Waals surface area (Å²) in [6, 6.07) is 5.45. The van der Waals surface area contributed by atoms with Crippen LogP contribution in [0.2, 0.25) is 0 Å². The van der Waals surface area contributed by atoms with E-state index < -0.39 is 10.0 Å². The first-order chi connectivity index (χ1) is 9.09. The van der Waals surface area contributed by atoms with E-state index in [9.17, 15) is 8.42 Å². The van der Waals surface area contributed by atoms with Gasteiger partial charge < -0.3 is 0 Å². The molecule has 1 aliphatic rings. The smallest absolute Gasteiger partial charge is 0.207 e. The molecule has 0 aromatic heterocycles. The number of rotatable bonds is 4. The van der Waals surface area contributed by atoms with E-state index in [4.69, 9.17) is 0 Å². The largest absolute Gasteiger partial charge is 0.243 e. The van der Waals surface area contributed by atoms with Gasteiger partial charge in [-0.2, -0.15) is 4.31 Å². The summed E-state index contributed by atoms with van der Waals surface area (Å²) in [6.45, 7) is 1.31. The van der Waals surface area contributed by atoms with Gasteiger partial charge in [0.1, 0.15) is 0 Å². The van der Waals surface area contributed by atoms with Gasteiger partial charge in [-0.1, -0.05) is 6.42 Å². The average molecular weight is 318 g/mol. The fraction of sp³-hybridized carbons (Fsp3) is 0.538. The molecule has 6 heteroatoms.